The van der Waals surface area contributed by atoms with Crippen molar-refractivity contribution in [1.29, 1.82) is 0 Å². The van der Waals surface area contributed by atoms with Crippen molar-refractivity contribution in [3.8, 4) is 5.75 Å². The number of halogens is 1. The molecule has 166 valence electrons. The highest BCUT2D eigenvalue weighted by molar-refractivity contribution is 5.74. The maximum absolute atomic E-state index is 13.0. The minimum Gasteiger partial charge on any atom is -0.487 e. The Bertz CT molecular complexity index is 851. The molecule has 0 aromatic heterocycles. The van der Waals surface area contributed by atoms with E-state index in [2.05, 4.69) is 24.1 Å². The molecule has 2 aliphatic heterocycles. The summed E-state index contributed by atoms with van der Waals surface area (Å²) in [5.41, 5.74) is 0.896. The van der Waals surface area contributed by atoms with Gasteiger partial charge in [0.25, 0.3) is 0 Å². The van der Waals surface area contributed by atoms with Gasteiger partial charge in [0.05, 0.1) is 6.04 Å². The van der Waals surface area contributed by atoms with Crippen LogP contribution in [0.1, 0.15) is 32.3 Å². The lowest BCUT2D eigenvalue weighted by molar-refractivity contribution is -0.0981. The molecule has 31 heavy (non-hydrogen) atoms. The standard InChI is InChI=1S/C25H32FN3O2/c1-18(2)29-17-23(31-22-6-4-3-5-7-22)24(29)20-12-14-28(15-13-20)25(30)27-16-19-8-10-21(26)11-9-19/h3-11,18,20,23-24H,12-17H2,1-2H3,(H,27,30). The SMILES string of the molecule is CC(C)N1CC(Oc2ccccc2)C1C1CCN(C(=O)NCc2ccc(F)cc2)CC1. The summed E-state index contributed by atoms with van der Waals surface area (Å²) in [6, 6.07) is 17.1. The third-order valence-corrected chi connectivity index (χ3v) is 6.52. The fraction of sp³-hybridized carbons (Fsp3) is 0.480. The summed E-state index contributed by atoms with van der Waals surface area (Å²) in [5, 5.41) is 2.96. The molecule has 2 aromatic carbocycles. The van der Waals surface area contributed by atoms with Crippen LogP contribution in [-0.2, 0) is 6.54 Å². The van der Waals surface area contributed by atoms with Gasteiger partial charge in [-0.25, -0.2) is 9.18 Å². The number of benzene rings is 2. The lowest BCUT2D eigenvalue weighted by Crippen LogP contribution is -2.68. The highest BCUT2D eigenvalue weighted by Crippen LogP contribution is 2.36. The second-order valence-corrected chi connectivity index (χ2v) is 8.86. The number of nitrogens with one attached hydrogen (secondary N) is 1. The highest BCUT2D eigenvalue weighted by atomic mass is 19.1. The van der Waals surface area contributed by atoms with E-state index in [9.17, 15) is 9.18 Å². The molecule has 2 unspecified atom stereocenters. The van der Waals surface area contributed by atoms with E-state index in [0.29, 0.717) is 24.5 Å². The number of piperidine rings is 1. The Labute approximate surface area is 184 Å². The molecule has 2 aliphatic rings. The minimum absolute atomic E-state index is 0.0471. The van der Waals surface area contributed by atoms with Crippen LogP contribution >= 0.6 is 0 Å². The van der Waals surface area contributed by atoms with E-state index < -0.39 is 0 Å². The number of carbonyl (C=O) groups is 1. The van der Waals surface area contributed by atoms with Gasteiger partial charge in [-0.2, -0.15) is 0 Å². The molecule has 0 spiro atoms. The zero-order valence-corrected chi connectivity index (χ0v) is 18.3. The monoisotopic (exact) mass is 425 g/mol. The maximum atomic E-state index is 13.0. The predicted molar refractivity (Wildman–Crippen MR) is 119 cm³/mol. The summed E-state index contributed by atoms with van der Waals surface area (Å²) < 4.78 is 19.3. The average molecular weight is 426 g/mol. The first-order valence-electron chi connectivity index (χ1n) is 11.3. The van der Waals surface area contributed by atoms with E-state index in [1.807, 2.05) is 35.2 Å². The molecule has 2 fully saturated rings. The van der Waals surface area contributed by atoms with Crippen molar-refractivity contribution in [2.75, 3.05) is 19.6 Å². The van der Waals surface area contributed by atoms with Gasteiger partial charge >= 0.3 is 6.03 Å². The van der Waals surface area contributed by atoms with Crippen LogP contribution in [0.25, 0.3) is 0 Å². The summed E-state index contributed by atoms with van der Waals surface area (Å²) in [6.45, 7) is 7.35. The van der Waals surface area contributed by atoms with Crippen LogP contribution in [0.2, 0.25) is 0 Å². The van der Waals surface area contributed by atoms with Gasteiger partial charge in [0, 0.05) is 32.2 Å². The molecule has 2 heterocycles. The van der Waals surface area contributed by atoms with Crippen LogP contribution in [0, 0.1) is 11.7 Å². The lowest BCUT2D eigenvalue weighted by atomic mass is 9.79. The molecule has 5 nitrogen and oxygen atoms in total. The Morgan fingerprint density at radius 1 is 1.10 bits per heavy atom. The number of rotatable bonds is 6. The van der Waals surface area contributed by atoms with Gasteiger partial charge in [-0.3, -0.25) is 4.90 Å². The van der Waals surface area contributed by atoms with Gasteiger partial charge in [-0.15, -0.1) is 0 Å². The van der Waals surface area contributed by atoms with Crippen molar-refractivity contribution < 1.29 is 13.9 Å². The third kappa shape index (κ3) is 5.18. The van der Waals surface area contributed by atoms with E-state index in [1.54, 1.807) is 12.1 Å². The average Bonchev–Trinajstić information content (AvgIpc) is 2.76. The van der Waals surface area contributed by atoms with E-state index in [0.717, 1.165) is 43.8 Å². The Morgan fingerprint density at radius 3 is 2.42 bits per heavy atom. The fourth-order valence-electron chi connectivity index (χ4n) is 4.76. The largest absolute Gasteiger partial charge is 0.487 e. The summed E-state index contributed by atoms with van der Waals surface area (Å²) >= 11 is 0. The van der Waals surface area contributed by atoms with Crippen LogP contribution in [-0.4, -0.2) is 53.7 Å². The molecular weight excluding hydrogens is 393 g/mol. The van der Waals surface area contributed by atoms with Crippen LogP contribution < -0.4 is 10.1 Å². The summed E-state index contributed by atoms with van der Waals surface area (Å²) in [4.78, 5) is 17.0. The number of amides is 2. The quantitative estimate of drug-likeness (QED) is 0.751. The first-order chi connectivity index (χ1) is 15.0. The van der Waals surface area contributed by atoms with Gasteiger partial charge in [0.1, 0.15) is 17.7 Å². The summed E-state index contributed by atoms with van der Waals surface area (Å²) in [6.07, 6.45) is 2.16. The number of urea groups is 1. The molecule has 2 aromatic rings. The Morgan fingerprint density at radius 2 is 1.77 bits per heavy atom. The number of hydrogen-bond acceptors (Lipinski definition) is 3. The molecule has 2 saturated heterocycles. The molecule has 0 bridgehead atoms. The Balaban J connectivity index is 1.29. The van der Waals surface area contributed by atoms with Crippen LogP contribution in [0.15, 0.2) is 54.6 Å². The van der Waals surface area contributed by atoms with E-state index >= 15 is 0 Å². The first-order valence-corrected chi connectivity index (χ1v) is 11.3. The highest BCUT2D eigenvalue weighted by Gasteiger charge is 2.47. The van der Waals surface area contributed by atoms with Crippen LogP contribution in [0.3, 0.4) is 0 Å². The second-order valence-electron chi connectivity index (χ2n) is 8.86. The zero-order valence-electron chi connectivity index (χ0n) is 18.3. The Kier molecular flexibility index (Phi) is 6.76. The summed E-state index contributed by atoms with van der Waals surface area (Å²) in [7, 11) is 0. The smallest absolute Gasteiger partial charge is 0.317 e. The molecule has 1 N–H and O–H groups in total. The van der Waals surface area contributed by atoms with Gasteiger partial charge in [0.15, 0.2) is 0 Å². The van der Waals surface area contributed by atoms with Crippen LogP contribution in [0.5, 0.6) is 5.75 Å². The van der Waals surface area contributed by atoms with Gasteiger partial charge in [0.2, 0.25) is 0 Å². The zero-order chi connectivity index (χ0) is 21.8. The van der Waals surface area contributed by atoms with Crippen molar-refractivity contribution in [2.45, 2.75) is 51.4 Å². The fourth-order valence-corrected chi connectivity index (χ4v) is 4.76. The van der Waals surface area contributed by atoms with Gasteiger partial charge in [-0.1, -0.05) is 30.3 Å². The molecule has 0 saturated carbocycles. The van der Waals surface area contributed by atoms with Crippen molar-refractivity contribution >= 4 is 6.03 Å². The van der Waals surface area contributed by atoms with Crippen molar-refractivity contribution in [3.63, 3.8) is 0 Å². The number of carbonyl (C=O) groups excluding carboxylic acids is 1. The number of para-hydroxylation sites is 1. The number of ether oxygens (including phenoxy) is 1. The van der Waals surface area contributed by atoms with Gasteiger partial charge < -0.3 is 15.0 Å². The molecule has 2 atom stereocenters. The Hall–Kier alpha value is -2.60. The number of likely N-dealkylation sites (tertiary alicyclic amines) is 2. The summed E-state index contributed by atoms with van der Waals surface area (Å²) in [5.74, 6) is 1.18. The van der Waals surface area contributed by atoms with E-state index in [1.165, 1.54) is 12.1 Å². The predicted octanol–water partition coefficient (Wildman–Crippen LogP) is 4.29. The number of hydrogen-bond donors (Lipinski definition) is 1. The van der Waals surface area contributed by atoms with Crippen LogP contribution in [0.4, 0.5) is 9.18 Å². The molecule has 4 rings (SSSR count). The van der Waals surface area contributed by atoms with E-state index in [-0.39, 0.29) is 18.0 Å². The minimum atomic E-state index is -0.266. The topological polar surface area (TPSA) is 44.8 Å². The lowest BCUT2D eigenvalue weighted by Gasteiger charge is -2.54. The molecule has 0 radical (unpaired) electrons. The maximum Gasteiger partial charge on any atom is 0.317 e. The van der Waals surface area contributed by atoms with Crippen molar-refractivity contribution in [2.24, 2.45) is 5.92 Å². The van der Waals surface area contributed by atoms with E-state index in [4.69, 9.17) is 4.74 Å². The van der Waals surface area contributed by atoms with Crippen molar-refractivity contribution in [3.05, 3.63) is 66.0 Å². The molecule has 2 amide bonds. The molecular formula is C25H32FN3O2. The molecule has 6 heteroatoms. The number of nitrogens with zero attached hydrogens (tertiary/aromatic N) is 2. The first kappa shape index (κ1) is 21.6. The normalized spacial score (nSPS) is 22.3. The third-order valence-electron chi connectivity index (χ3n) is 6.52. The second kappa shape index (κ2) is 9.69. The van der Waals surface area contributed by atoms with Gasteiger partial charge in [-0.05, 0) is 62.4 Å². The molecule has 0 aliphatic carbocycles. The van der Waals surface area contributed by atoms with Crippen molar-refractivity contribution in [1.82, 2.24) is 15.1 Å².